The van der Waals surface area contributed by atoms with Crippen LogP contribution in [0.2, 0.25) is 0 Å². The molecule has 1 fully saturated rings. The van der Waals surface area contributed by atoms with Crippen molar-refractivity contribution < 1.29 is 9.47 Å². The zero-order valence-corrected chi connectivity index (χ0v) is 15.1. The summed E-state index contributed by atoms with van der Waals surface area (Å²) in [5.74, 6) is 0.495. The zero-order chi connectivity index (χ0) is 16.3. The van der Waals surface area contributed by atoms with Crippen LogP contribution in [0.3, 0.4) is 0 Å². The Hall–Kier alpha value is -0.840. The number of methoxy groups -OCH3 is 1. The lowest BCUT2D eigenvalue weighted by Crippen LogP contribution is -2.47. The molecule has 2 aliphatic heterocycles. The molecule has 1 saturated heterocycles. The molecule has 126 valence electrons. The van der Waals surface area contributed by atoms with Gasteiger partial charge in [-0.2, -0.15) is 0 Å². The molecular formula is C18H32N2O2. The number of likely N-dealkylation sites (N-methyl/N-ethyl adjacent to an activating group) is 1. The SMILES string of the molecule is CCN1C=C(C(C)C)C(OC)C(C)=C1C(C)N1CCOCC1. The van der Waals surface area contributed by atoms with Crippen molar-refractivity contribution in [1.82, 2.24) is 9.80 Å². The molecule has 2 aliphatic rings. The molecule has 0 bridgehead atoms. The quantitative estimate of drug-likeness (QED) is 0.780. The Balaban J connectivity index is 2.32. The minimum absolute atomic E-state index is 0.112. The van der Waals surface area contributed by atoms with E-state index in [1.165, 1.54) is 16.8 Å². The van der Waals surface area contributed by atoms with E-state index in [0.29, 0.717) is 12.0 Å². The van der Waals surface area contributed by atoms with E-state index in [9.17, 15) is 0 Å². The van der Waals surface area contributed by atoms with Gasteiger partial charge in [0.2, 0.25) is 0 Å². The Morgan fingerprint density at radius 1 is 1.27 bits per heavy atom. The minimum atomic E-state index is 0.112. The number of rotatable bonds is 5. The largest absolute Gasteiger partial charge is 0.379 e. The van der Waals surface area contributed by atoms with E-state index in [4.69, 9.17) is 9.47 Å². The molecule has 0 saturated carbocycles. The molecule has 2 atom stereocenters. The van der Waals surface area contributed by atoms with Crippen LogP contribution < -0.4 is 0 Å². The summed E-state index contributed by atoms with van der Waals surface area (Å²) in [6, 6.07) is 0.395. The standard InChI is InChI=1S/C18H32N2O2/c1-7-19-12-16(13(2)3)18(21-6)14(4)17(19)15(5)20-8-10-22-11-9-20/h12-13,15,18H,7-11H2,1-6H3. The van der Waals surface area contributed by atoms with E-state index in [-0.39, 0.29) is 6.10 Å². The Morgan fingerprint density at radius 2 is 1.91 bits per heavy atom. The van der Waals surface area contributed by atoms with Crippen LogP contribution in [0.15, 0.2) is 23.0 Å². The number of morpholine rings is 1. The summed E-state index contributed by atoms with van der Waals surface area (Å²) >= 11 is 0. The number of hydrogen-bond donors (Lipinski definition) is 0. The third-order valence-electron chi connectivity index (χ3n) is 4.95. The first kappa shape index (κ1) is 17.5. The lowest BCUT2D eigenvalue weighted by Gasteiger charge is -2.42. The second-order valence-electron chi connectivity index (χ2n) is 6.58. The lowest BCUT2D eigenvalue weighted by atomic mass is 9.88. The van der Waals surface area contributed by atoms with Crippen LogP contribution >= 0.6 is 0 Å². The van der Waals surface area contributed by atoms with Crippen LogP contribution in [0.1, 0.15) is 34.6 Å². The lowest BCUT2D eigenvalue weighted by molar-refractivity contribution is 0.0217. The molecule has 2 unspecified atom stereocenters. The molecule has 0 aromatic carbocycles. The van der Waals surface area contributed by atoms with E-state index >= 15 is 0 Å². The molecule has 0 aliphatic carbocycles. The van der Waals surface area contributed by atoms with Gasteiger partial charge in [-0.05, 0) is 37.8 Å². The molecule has 0 spiro atoms. The fourth-order valence-electron chi connectivity index (χ4n) is 3.66. The van der Waals surface area contributed by atoms with Gasteiger partial charge >= 0.3 is 0 Å². The van der Waals surface area contributed by atoms with Gasteiger partial charge in [-0.15, -0.1) is 0 Å². The first-order chi connectivity index (χ1) is 10.5. The van der Waals surface area contributed by atoms with Gasteiger partial charge in [-0.25, -0.2) is 0 Å². The number of hydrogen-bond acceptors (Lipinski definition) is 4. The summed E-state index contributed by atoms with van der Waals surface area (Å²) in [6.45, 7) is 15.9. The fraction of sp³-hybridized carbons (Fsp3) is 0.778. The summed E-state index contributed by atoms with van der Waals surface area (Å²) in [5.41, 5.74) is 4.13. The second kappa shape index (κ2) is 7.62. The van der Waals surface area contributed by atoms with Gasteiger partial charge in [0.15, 0.2) is 0 Å². The van der Waals surface area contributed by atoms with Crippen LogP contribution in [0.4, 0.5) is 0 Å². The summed E-state index contributed by atoms with van der Waals surface area (Å²) in [5, 5.41) is 0. The second-order valence-corrected chi connectivity index (χ2v) is 6.58. The van der Waals surface area contributed by atoms with Gasteiger partial charge in [0.1, 0.15) is 6.10 Å². The van der Waals surface area contributed by atoms with Gasteiger partial charge in [-0.3, -0.25) is 4.90 Å². The molecule has 2 rings (SSSR count). The molecule has 4 nitrogen and oxygen atoms in total. The molecule has 0 radical (unpaired) electrons. The molecular weight excluding hydrogens is 276 g/mol. The zero-order valence-electron chi connectivity index (χ0n) is 15.1. The third-order valence-corrected chi connectivity index (χ3v) is 4.95. The van der Waals surface area contributed by atoms with E-state index in [2.05, 4.69) is 50.6 Å². The smallest absolute Gasteiger partial charge is 0.103 e. The van der Waals surface area contributed by atoms with Crippen molar-refractivity contribution in [2.75, 3.05) is 40.0 Å². The maximum Gasteiger partial charge on any atom is 0.103 e. The molecule has 0 aromatic rings. The predicted octanol–water partition coefficient (Wildman–Crippen LogP) is 2.87. The van der Waals surface area contributed by atoms with Gasteiger partial charge < -0.3 is 14.4 Å². The Labute approximate surface area is 135 Å². The molecule has 0 N–H and O–H groups in total. The average Bonchev–Trinajstić information content (AvgIpc) is 2.53. The first-order valence-electron chi connectivity index (χ1n) is 8.54. The highest BCUT2D eigenvalue weighted by Crippen LogP contribution is 2.34. The van der Waals surface area contributed by atoms with Crippen molar-refractivity contribution in [2.24, 2.45) is 5.92 Å². The van der Waals surface area contributed by atoms with Crippen molar-refractivity contribution >= 4 is 0 Å². The Morgan fingerprint density at radius 3 is 2.41 bits per heavy atom. The van der Waals surface area contributed by atoms with Crippen LogP contribution in [0.5, 0.6) is 0 Å². The van der Waals surface area contributed by atoms with Crippen LogP contribution in [-0.2, 0) is 9.47 Å². The average molecular weight is 308 g/mol. The molecule has 22 heavy (non-hydrogen) atoms. The van der Waals surface area contributed by atoms with E-state index < -0.39 is 0 Å². The molecule has 0 amide bonds. The van der Waals surface area contributed by atoms with Gasteiger partial charge in [0.25, 0.3) is 0 Å². The van der Waals surface area contributed by atoms with Crippen LogP contribution in [0, 0.1) is 5.92 Å². The highest BCUT2D eigenvalue weighted by atomic mass is 16.5. The highest BCUT2D eigenvalue weighted by Gasteiger charge is 2.32. The third kappa shape index (κ3) is 3.39. The van der Waals surface area contributed by atoms with Gasteiger partial charge in [-0.1, -0.05) is 13.8 Å². The van der Waals surface area contributed by atoms with E-state index in [1.54, 1.807) is 0 Å². The van der Waals surface area contributed by atoms with Crippen molar-refractivity contribution in [3.8, 4) is 0 Å². The van der Waals surface area contributed by atoms with Crippen LogP contribution in [-0.4, -0.2) is 61.9 Å². The van der Waals surface area contributed by atoms with E-state index in [0.717, 1.165) is 32.8 Å². The summed E-state index contributed by atoms with van der Waals surface area (Å²) in [6.07, 6.45) is 2.43. The first-order valence-corrected chi connectivity index (χ1v) is 8.54. The monoisotopic (exact) mass is 308 g/mol. The summed E-state index contributed by atoms with van der Waals surface area (Å²) in [7, 11) is 1.82. The van der Waals surface area contributed by atoms with Crippen molar-refractivity contribution in [3.63, 3.8) is 0 Å². The maximum absolute atomic E-state index is 5.84. The molecule has 2 heterocycles. The molecule has 0 aromatic heterocycles. The normalized spacial score (nSPS) is 25.7. The van der Waals surface area contributed by atoms with Gasteiger partial charge in [0, 0.05) is 44.7 Å². The summed E-state index contributed by atoms with van der Waals surface area (Å²) < 4.78 is 11.3. The molecule has 4 heteroatoms. The number of ether oxygens (including phenoxy) is 2. The highest BCUT2D eigenvalue weighted by molar-refractivity contribution is 5.35. The van der Waals surface area contributed by atoms with Crippen molar-refractivity contribution in [1.29, 1.82) is 0 Å². The predicted molar refractivity (Wildman–Crippen MR) is 90.7 cm³/mol. The summed E-state index contributed by atoms with van der Waals surface area (Å²) in [4.78, 5) is 4.94. The van der Waals surface area contributed by atoms with Gasteiger partial charge in [0.05, 0.1) is 13.2 Å². The van der Waals surface area contributed by atoms with E-state index in [1.807, 2.05) is 7.11 Å². The van der Waals surface area contributed by atoms with Crippen molar-refractivity contribution in [3.05, 3.63) is 23.0 Å². The topological polar surface area (TPSA) is 24.9 Å². The fourth-order valence-corrected chi connectivity index (χ4v) is 3.66. The van der Waals surface area contributed by atoms with Crippen molar-refractivity contribution in [2.45, 2.75) is 46.8 Å². The number of nitrogens with zero attached hydrogens (tertiary/aromatic N) is 2. The van der Waals surface area contributed by atoms with Crippen LogP contribution in [0.25, 0.3) is 0 Å². The minimum Gasteiger partial charge on any atom is -0.379 e. The maximum atomic E-state index is 5.84. The Kier molecular flexibility index (Phi) is 6.07. The Bertz CT molecular complexity index is 436.